The fourth-order valence-corrected chi connectivity index (χ4v) is 1.49. The Hall–Kier alpha value is -2.26. The minimum Gasteiger partial charge on any atom is -0.299 e. The molecule has 2 rings (SSSR count). The van der Waals surface area contributed by atoms with Crippen molar-refractivity contribution in [1.29, 1.82) is 0 Å². The van der Waals surface area contributed by atoms with Crippen molar-refractivity contribution < 1.29 is 4.79 Å². The number of carbonyl (C=O) groups excluding carboxylic acids is 1. The summed E-state index contributed by atoms with van der Waals surface area (Å²) in [6.45, 7) is 2.45. The molecule has 0 saturated heterocycles. The molecule has 0 saturated carbocycles. The van der Waals surface area contributed by atoms with E-state index in [9.17, 15) is 9.59 Å². The summed E-state index contributed by atoms with van der Waals surface area (Å²) in [5.74, 6) is 0. The van der Waals surface area contributed by atoms with Crippen LogP contribution in [0.25, 0.3) is 10.9 Å². The number of isocyanates is 1. The monoisotopic (exact) mass is 215 g/mol. The van der Waals surface area contributed by atoms with Crippen molar-refractivity contribution in [3.05, 3.63) is 34.9 Å². The van der Waals surface area contributed by atoms with Gasteiger partial charge in [0.05, 0.1) is 22.9 Å². The van der Waals surface area contributed by atoms with Gasteiger partial charge in [0.15, 0.2) is 0 Å². The molecule has 0 aliphatic heterocycles. The van der Waals surface area contributed by atoms with Crippen LogP contribution in [0.2, 0.25) is 0 Å². The second-order valence-corrected chi connectivity index (χ2v) is 3.24. The van der Waals surface area contributed by atoms with Crippen molar-refractivity contribution >= 4 is 22.7 Å². The van der Waals surface area contributed by atoms with E-state index >= 15 is 0 Å². The molecule has 2 aromatic rings. The maximum Gasteiger partial charge on any atom is 0.261 e. The highest BCUT2D eigenvalue weighted by atomic mass is 16.1. The highest BCUT2D eigenvalue weighted by Crippen LogP contribution is 2.16. The summed E-state index contributed by atoms with van der Waals surface area (Å²) in [6.07, 6.45) is 2.93. The van der Waals surface area contributed by atoms with E-state index in [0.29, 0.717) is 23.1 Å². The second-order valence-electron chi connectivity index (χ2n) is 3.24. The van der Waals surface area contributed by atoms with Crippen molar-refractivity contribution in [3.8, 4) is 0 Å². The Bertz CT molecular complexity index is 639. The first kappa shape index (κ1) is 10.3. The van der Waals surface area contributed by atoms with Crippen LogP contribution < -0.4 is 5.56 Å². The topological polar surface area (TPSA) is 64.3 Å². The molecule has 16 heavy (non-hydrogen) atoms. The molecule has 0 N–H and O–H groups in total. The van der Waals surface area contributed by atoms with E-state index in [-0.39, 0.29) is 5.56 Å². The first-order valence-electron chi connectivity index (χ1n) is 4.83. The van der Waals surface area contributed by atoms with Crippen LogP contribution in [0.15, 0.2) is 34.3 Å². The summed E-state index contributed by atoms with van der Waals surface area (Å²) in [6, 6.07) is 4.80. The molecule has 0 bridgehead atoms. The molecule has 0 aliphatic rings. The zero-order valence-corrected chi connectivity index (χ0v) is 8.67. The molecule has 0 aliphatic carbocycles. The number of benzene rings is 1. The van der Waals surface area contributed by atoms with Crippen molar-refractivity contribution in [2.24, 2.45) is 4.99 Å². The Labute approximate surface area is 91.1 Å². The average molecular weight is 215 g/mol. The number of rotatable bonds is 2. The van der Waals surface area contributed by atoms with Crippen molar-refractivity contribution in [2.45, 2.75) is 13.5 Å². The molecular weight excluding hydrogens is 206 g/mol. The minimum atomic E-state index is -0.0888. The third kappa shape index (κ3) is 1.64. The van der Waals surface area contributed by atoms with Gasteiger partial charge >= 0.3 is 0 Å². The van der Waals surface area contributed by atoms with Gasteiger partial charge in [-0.15, -0.1) is 0 Å². The molecule has 0 radical (unpaired) electrons. The largest absolute Gasteiger partial charge is 0.299 e. The van der Waals surface area contributed by atoms with E-state index < -0.39 is 0 Å². The average Bonchev–Trinajstić information content (AvgIpc) is 2.30. The smallest absolute Gasteiger partial charge is 0.261 e. The summed E-state index contributed by atoms with van der Waals surface area (Å²) in [4.78, 5) is 29.5. The van der Waals surface area contributed by atoms with Crippen LogP contribution in [0.4, 0.5) is 5.69 Å². The minimum absolute atomic E-state index is 0.0888. The van der Waals surface area contributed by atoms with E-state index in [1.165, 1.54) is 17.0 Å². The van der Waals surface area contributed by atoms with Gasteiger partial charge in [-0.3, -0.25) is 9.36 Å². The standard InChI is InChI=1S/C11H9N3O2/c1-2-14-6-12-10-5-8(13-7-15)3-4-9(10)11(14)16/h3-6H,2H2,1H3. The zero-order valence-electron chi connectivity index (χ0n) is 8.67. The fourth-order valence-electron chi connectivity index (χ4n) is 1.49. The molecule has 0 atom stereocenters. The molecule has 1 aromatic heterocycles. The van der Waals surface area contributed by atoms with E-state index in [1.807, 2.05) is 6.92 Å². The van der Waals surface area contributed by atoms with Crippen molar-refractivity contribution in [1.82, 2.24) is 9.55 Å². The summed E-state index contributed by atoms with van der Waals surface area (Å²) < 4.78 is 1.52. The maximum atomic E-state index is 11.8. The normalized spacial score (nSPS) is 10.1. The van der Waals surface area contributed by atoms with E-state index in [1.54, 1.807) is 18.2 Å². The van der Waals surface area contributed by atoms with Crippen LogP contribution in [-0.4, -0.2) is 15.6 Å². The quantitative estimate of drug-likeness (QED) is 0.561. The first-order chi connectivity index (χ1) is 7.76. The maximum absolute atomic E-state index is 11.8. The van der Waals surface area contributed by atoms with Gasteiger partial charge in [0, 0.05) is 6.54 Å². The lowest BCUT2D eigenvalue weighted by atomic mass is 10.2. The van der Waals surface area contributed by atoms with E-state index in [4.69, 9.17) is 0 Å². The zero-order chi connectivity index (χ0) is 11.5. The molecule has 0 unspecified atom stereocenters. The third-order valence-electron chi connectivity index (χ3n) is 2.32. The van der Waals surface area contributed by atoms with Crippen LogP contribution in [-0.2, 0) is 11.3 Å². The molecule has 1 aromatic carbocycles. The molecule has 0 spiro atoms. The number of hydrogen-bond donors (Lipinski definition) is 0. The lowest BCUT2D eigenvalue weighted by molar-refractivity contribution is 0.565. The third-order valence-corrected chi connectivity index (χ3v) is 2.32. The summed E-state index contributed by atoms with van der Waals surface area (Å²) in [5, 5.41) is 0.522. The molecule has 5 nitrogen and oxygen atoms in total. The SMILES string of the molecule is CCn1cnc2cc(N=C=O)ccc2c1=O. The molecular formula is C11H9N3O2. The van der Waals surface area contributed by atoms with E-state index in [2.05, 4.69) is 9.98 Å². The Morgan fingerprint density at radius 3 is 3.00 bits per heavy atom. The van der Waals surface area contributed by atoms with Gasteiger partial charge in [-0.05, 0) is 25.1 Å². The van der Waals surface area contributed by atoms with Gasteiger partial charge in [0.1, 0.15) is 0 Å². The molecule has 0 amide bonds. The number of aromatic nitrogens is 2. The van der Waals surface area contributed by atoms with E-state index in [0.717, 1.165) is 0 Å². The molecule has 1 heterocycles. The highest BCUT2D eigenvalue weighted by molar-refractivity contribution is 5.80. The number of aliphatic imine (C=N–C) groups is 1. The van der Waals surface area contributed by atoms with Gasteiger partial charge in [-0.1, -0.05) is 0 Å². The Kier molecular flexibility index (Phi) is 2.62. The van der Waals surface area contributed by atoms with Gasteiger partial charge < -0.3 is 0 Å². The number of nitrogens with zero attached hydrogens (tertiary/aromatic N) is 3. The highest BCUT2D eigenvalue weighted by Gasteiger charge is 2.03. The van der Waals surface area contributed by atoms with Crippen LogP contribution >= 0.6 is 0 Å². The Balaban J connectivity index is 2.74. The summed E-state index contributed by atoms with van der Waals surface area (Å²) in [5.41, 5.74) is 0.893. The molecule has 80 valence electrons. The lowest BCUT2D eigenvalue weighted by Gasteiger charge is -2.02. The van der Waals surface area contributed by atoms with Crippen LogP contribution in [0, 0.1) is 0 Å². The number of aryl methyl sites for hydroxylation is 1. The second kappa shape index (κ2) is 4.08. The van der Waals surface area contributed by atoms with Crippen LogP contribution in [0.5, 0.6) is 0 Å². The number of hydrogen-bond acceptors (Lipinski definition) is 4. The van der Waals surface area contributed by atoms with Gasteiger partial charge in [0.2, 0.25) is 6.08 Å². The summed E-state index contributed by atoms with van der Waals surface area (Å²) >= 11 is 0. The predicted octanol–water partition coefficient (Wildman–Crippen LogP) is 1.38. The van der Waals surface area contributed by atoms with Crippen molar-refractivity contribution in [2.75, 3.05) is 0 Å². The Morgan fingerprint density at radius 1 is 1.50 bits per heavy atom. The summed E-state index contributed by atoms with van der Waals surface area (Å²) in [7, 11) is 0. The predicted molar refractivity (Wildman–Crippen MR) is 59.5 cm³/mol. The van der Waals surface area contributed by atoms with Crippen LogP contribution in [0.1, 0.15) is 6.92 Å². The lowest BCUT2D eigenvalue weighted by Crippen LogP contribution is -2.19. The van der Waals surface area contributed by atoms with Gasteiger partial charge in [-0.25, -0.2) is 9.78 Å². The molecule has 5 heteroatoms. The Morgan fingerprint density at radius 2 is 2.31 bits per heavy atom. The first-order valence-corrected chi connectivity index (χ1v) is 4.83. The van der Waals surface area contributed by atoms with Crippen LogP contribution in [0.3, 0.4) is 0 Å². The van der Waals surface area contributed by atoms with Gasteiger partial charge in [-0.2, -0.15) is 4.99 Å². The molecule has 0 fully saturated rings. The number of fused-ring (bicyclic) bond motifs is 1. The fraction of sp³-hybridized carbons (Fsp3) is 0.182. The van der Waals surface area contributed by atoms with Crippen molar-refractivity contribution in [3.63, 3.8) is 0 Å². The van der Waals surface area contributed by atoms with Gasteiger partial charge in [0.25, 0.3) is 5.56 Å².